The van der Waals surface area contributed by atoms with Gasteiger partial charge in [0.05, 0.1) is 11.7 Å². The van der Waals surface area contributed by atoms with Gasteiger partial charge in [0.15, 0.2) is 0 Å². The van der Waals surface area contributed by atoms with Gasteiger partial charge < -0.3 is 5.32 Å². The summed E-state index contributed by atoms with van der Waals surface area (Å²) in [5, 5.41) is 3.58. The Balaban J connectivity index is 1.66. The number of anilines is 1. The molecule has 4 rings (SSSR count). The first-order valence-corrected chi connectivity index (χ1v) is 10.9. The number of benzene rings is 1. The van der Waals surface area contributed by atoms with Gasteiger partial charge in [0.25, 0.3) is 5.56 Å². The molecule has 5 nitrogen and oxygen atoms in total. The average molecular weight is 410 g/mol. The van der Waals surface area contributed by atoms with E-state index in [1.54, 1.807) is 18.3 Å². The summed E-state index contributed by atoms with van der Waals surface area (Å²) >= 11 is 1.64. The molecule has 1 amide bonds. The lowest BCUT2D eigenvalue weighted by atomic mass is 9.72. The van der Waals surface area contributed by atoms with Gasteiger partial charge in [-0.15, -0.1) is 11.3 Å². The second-order valence-corrected chi connectivity index (χ2v) is 10.1. The minimum atomic E-state index is -0.638. The van der Waals surface area contributed by atoms with Crippen LogP contribution in [0.1, 0.15) is 50.6 Å². The number of hydrogen-bond donors (Lipinski definition) is 1. The van der Waals surface area contributed by atoms with Gasteiger partial charge in [-0.25, -0.2) is 4.98 Å². The summed E-state index contributed by atoms with van der Waals surface area (Å²) < 4.78 is 1.46. The minimum Gasteiger partial charge on any atom is -0.324 e. The maximum Gasteiger partial charge on any atom is 0.263 e. The van der Waals surface area contributed by atoms with Crippen molar-refractivity contribution >= 4 is 33.1 Å². The van der Waals surface area contributed by atoms with Gasteiger partial charge in [-0.05, 0) is 55.2 Å². The molecule has 2 heterocycles. The molecule has 0 radical (unpaired) electrons. The van der Waals surface area contributed by atoms with Crippen molar-refractivity contribution in [1.29, 1.82) is 0 Å². The molecule has 0 unspecified atom stereocenters. The van der Waals surface area contributed by atoms with Crippen LogP contribution in [0.3, 0.4) is 0 Å². The minimum absolute atomic E-state index is 0.113. The van der Waals surface area contributed by atoms with Gasteiger partial charge in [-0.1, -0.05) is 39.0 Å². The highest BCUT2D eigenvalue weighted by atomic mass is 32.1. The number of nitrogens with one attached hydrogen (secondary N) is 1. The van der Waals surface area contributed by atoms with Gasteiger partial charge in [0, 0.05) is 10.6 Å². The van der Waals surface area contributed by atoms with Crippen molar-refractivity contribution in [3.63, 3.8) is 0 Å². The highest BCUT2D eigenvalue weighted by Crippen LogP contribution is 2.42. The fraction of sp³-hybridized carbons (Fsp3) is 0.435. The molecule has 6 heteroatoms. The Bertz CT molecular complexity index is 1110. The number of nitrogens with zero attached hydrogens (tertiary/aromatic N) is 2. The topological polar surface area (TPSA) is 64.0 Å². The highest BCUT2D eigenvalue weighted by Gasteiger charge is 2.32. The number of aromatic nitrogens is 2. The zero-order valence-corrected chi connectivity index (χ0v) is 18.2. The molecule has 0 aliphatic heterocycles. The molecule has 0 saturated heterocycles. The lowest BCUT2D eigenvalue weighted by Gasteiger charge is -2.33. The molecule has 0 bridgehead atoms. The molecule has 2 atom stereocenters. The Morgan fingerprint density at radius 2 is 2.00 bits per heavy atom. The van der Waals surface area contributed by atoms with Crippen LogP contribution in [-0.2, 0) is 17.6 Å². The zero-order chi connectivity index (χ0) is 20.8. The molecular formula is C23H27N3O2S. The van der Waals surface area contributed by atoms with E-state index in [9.17, 15) is 9.59 Å². The summed E-state index contributed by atoms with van der Waals surface area (Å²) in [6.07, 6.45) is 4.51. The monoisotopic (exact) mass is 409 g/mol. The van der Waals surface area contributed by atoms with Gasteiger partial charge in [0.2, 0.25) is 5.91 Å². The van der Waals surface area contributed by atoms with E-state index in [1.807, 2.05) is 30.3 Å². The molecular weight excluding hydrogens is 382 g/mol. The van der Waals surface area contributed by atoms with E-state index in [4.69, 9.17) is 0 Å². The lowest BCUT2D eigenvalue weighted by Crippen LogP contribution is -2.32. The maximum atomic E-state index is 13.3. The molecule has 29 heavy (non-hydrogen) atoms. The maximum absolute atomic E-state index is 13.3. The first-order chi connectivity index (χ1) is 13.8. The van der Waals surface area contributed by atoms with E-state index in [-0.39, 0.29) is 16.9 Å². The van der Waals surface area contributed by atoms with Crippen molar-refractivity contribution < 1.29 is 4.79 Å². The Hall–Kier alpha value is -2.47. The van der Waals surface area contributed by atoms with Crippen molar-refractivity contribution in [1.82, 2.24) is 9.55 Å². The molecule has 1 aliphatic carbocycles. The number of amides is 1. The van der Waals surface area contributed by atoms with Crippen LogP contribution in [0.2, 0.25) is 0 Å². The number of aryl methyl sites for hydroxylation is 1. The third-order valence-electron chi connectivity index (χ3n) is 6.06. The number of thiophene rings is 1. The number of carbonyl (C=O) groups excluding carboxylic acids is 1. The number of carbonyl (C=O) groups is 1. The Labute approximate surface area is 174 Å². The standard InChI is InChI=1S/C23H27N3O2S/c1-14(20(27)25-16-8-6-5-7-9-16)26-13-24-21-19(22(26)28)17-11-10-15(23(2,3)4)12-18(17)29-21/h5-9,13-15H,10-12H2,1-4H3,(H,25,27)/t14-,15+/m1/s1. The number of rotatable bonds is 3. The fourth-order valence-electron chi connectivity index (χ4n) is 4.09. The van der Waals surface area contributed by atoms with E-state index >= 15 is 0 Å². The first-order valence-electron chi connectivity index (χ1n) is 10.1. The van der Waals surface area contributed by atoms with Crippen LogP contribution < -0.4 is 10.9 Å². The van der Waals surface area contributed by atoms with Crippen LogP contribution in [0.5, 0.6) is 0 Å². The second kappa shape index (κ2) is 7.41. The van der Waals surface area contributed by atoms with E-state index in [2.05, 4.69) is 31.1 Å². The lowest BCUT2D eigenvalue weighted by molar-refractivity contribution is -0.118. The molecule has 1 aromatic carbocycles. The smallest absolute Gasteiger partial charge is 0.263 e. The molecule has 1 aliphatic rings. The summed E-state index contributed by atoms with van der Waals surface area (Å²) in [6.45, 7) is 8.60. The molecule has 3 aromatic rings. The summed E-state index contributed by atoms with van der Waals surface area (Å²) in [6, 6.07) is 8.64. The summed E-state index contributed by atoms with van der Waals surface area (Å²) in [7, 11) is 0. The van der Waals surface area contributed by atoms with Crippen LogP contribution in [-0.4, -0.2) is 15.5 Å². The zero-order valence-electron chi connectivity index (χ0n) is 17.4. The van der Waals surface area contributed by atoms with Gasteiger partial charge in [-0.3, -0.25) is 14.2 Å². The second-order valence-electron chi connectivity index (χ2n) is 8.98. The molecule has 0 spiro atoms. The van der Waals surface area contributed by atoms with Crippen molar-refractivity contribution in [2.45, 2.75) is 53.0 Å². The predicted molar refractivity (Wildman–Crippen MR) is 119 cm³/mol. The highest BCUT2D eigenvalue weighted by molar-refractivity contribution is 7.18. The number of para-hydroxylation sites is 1. The number of fused-ring (bicyclic) bond motifs is 3. The quantitative estimate of drug-likeness (QED) is 0.675. The molecule has 1 N–H and O–H groups in total. The van der Waals surface area contributed by atoms with Crippen molar-refractivity contribution in [3.8, 4) is 0 Å². The molecule has 152 valence electrons. The Kier molecular flexibility index (Phi) is 5.07. The van der Waals surface area contributed by atoms with E-state index in [1.165, 1.54) is 15.8 Å². The van der Waals surface area contributed by atoms with Crippen molar-refractivity contribution in [2.75, 3.05) is 5.32 Å². The van der Waals surface area contributed by atoms with Gasteiger partial charge >= 0.3 is 0 Å². The largest absolute Gasteiger partial charge is 0.324 e. The van der Waals surface area contributed by atoms with Crippen LogP contribution >= 0.6 is 11.3 Å². The van der Waals surface area contributed by atoms with Crippen LogP contribution in [0, 0.1) is 11.3 Å². The SMILES string of the molecule is C[C@H](C(=O)Nc1ccccc1)n1cnc2sc3c(c2c1=O)CC[C@H](C(C)(C)C)C3. The molecule has 0 saturated carbocycles. The fourth-order valence-corrected chi connectivity index (χ4v) is 5.35. The van der Waals surface area contributed by atoms with Crippen molar-refractivity contribution in [3.05, 3.63) is 57.5 Å². The summed E-state index contributed by atoms with van der Waals surface area (Å²) in [5.41, 5.74) is 2.00. The number of hydrogen-bond acceptors (Lipinski definition) is 4. The Morgan fingerprint density at radius 1 is 1.28 bits per heavy atom. The predicted octanol–water partition coefficient (Wildman–Crippen LogP) is 4.81. The van der Waals surface area contributed by atoms with Crippen LogP contribution in [0.4, 0.5) is 5.69 Å². The van der Waals surface area contributed by atoms with Crippen molar-refractivity contribution in [2.24, 2.45) is 11.3 Å². The summed E-state index contributed by atoms with van der Waals surface area (Å²) in [5.74, 6) is 0.386. The Morgan fingerprint density at radius 3 is 2.69 bits per heavy atom. The van der Waals surface area contributed by atoms with Gasteiger partial charge in [-0.2, -0.15) is 0 Å². The van der Waals surface area contributed by atoms with Gasteiger partial charge in [0.1, 0.15) is 10.9 Å². The van der Waals surface area contributed by atoms with Crippen LogP contribution in [0.15, 0.2) is 41.5 Å². The van der Waals surface area contributed by atoms with E-state index in [0.29, 0.717) is 17.0 Å². The normalized spacial score (nSPS) is 17.7. The summed E-state index contributed by atoms with van der Waals surface area (Å²) in [4.78, 5) is 32.6. The molecule has 2 aromatic heterocycles. The average Bonchev–Trinajstić information content (AvgIpc) is 3.06. The third-order valence-corrected chi connectivity index (χ3v) is 7.22. The first kappa shape index (κ1) is 19.8. The third kappa shape index (κ3) is 3.73. The van der Waals surface area contributed by atoms with E-state index < -0.39 is 6.04 Å². The van der Waals surface area contributed by atoms with Crippen LogP contribution in [0.25, 0.3) is 10.2 Å². The van der Waals surface area contributed by atoms with E-state index in [0.717, 1.165) is 29.7 Å². The molecule has 0 fully saturated rings.